The molecule has 0 spiro atoms. The van der Waals surface area contributed by atoms with Crippen molar-refractivity contribution in [2.24, 2.45) is 7.05 Å². The van der Waals surface area contributed by atoms with E-state index < -0.39 is 0 Å². The van der Waals surface area contributed by atoms with Gasteiger partial charge in [0.05, 0.1) is 23.8 Å². The predicted octanol–water partition coefficient (Wildman–Crippen LogP) is 1.60. The van der Waals surface area contributed by atoms with Crippen molar-refractivity contribution in [3.63, 3.8) is 0 Å². The maximum Gasteiger partial charge on any atom is 0.145 e. The Morgan fingerprint density at radius 2 is 2.14 bits per heavy atom. The fourth-order valence-electron chi connectivity index (χ4n) is 2.75. The summed E-state index contributed by atoms with van der Waals surface area (Å²) in [5.41, 5.74) is 3.02. The van der Waals surface area contributed by atoms with Gasteiger partial charge in [0.1, 0.15) is 5.82 Å². The molecule has 0 aliphatic carbocycles. The summed E-state index contributed by atoms with van der Waals surface area (Å²) in [7, 11) is 1.94. The van der Waals surface area contributed by atoms with Crippen LogP contribution >= 0.6 is 0 Å². The molecule has 1 aliphatic rings. The second kappa shape index (κ2) is 6.22. The van der Waals surface area contributed by atoms with Gasteiger partial charge in [0.15, 0.2) is 0 Å². The standard InChI is InChI=1S/C15H22N6/c1-3-13-12(10-21(2)20-13)14-8-17-9-15(19-14)18-11-4-6-16-7-5-11/h8-11,16H,3-7H2,1-2H3,(H,18,19). The maximum atomic E-state index is 4.71. The quantitative estimate of drug-likeness (QED) is 0.893. The van der Waals surface area contributed by atoms with Crippen molar-refractivity contribution in [3.05, 3.63) is 24.3 Å². The van der Waals surface area contributed by atoms with Crippen LogP contribution in [0.25, 0.3) is 11.3 Å². The molecule has 0 saturated carbocycles. The highest BCUT2D eigenvalue weighted by molar-refractivity contribution is 5.62. The third-order valence-electron chi connectivity index (χ3n) is 3.84. The summed E-state index contributed by atoms with van der Waals surface area (Å²) in [4.78, 5) is 9.05. The van der Waals surface area contributed by atoms with Gasteiger partial charge in [0, 0.05) is 24.8 Å². The minimum absolute atomic E-state index is 0.482. The van der Waals surface area contributed by atoms with Crippen LogP contribution in [0.1, 0.15) is 25.5 Å². The number of aromatic nitrogens is 4. The number of hydrogen-bond donors (Lipinski definition) is 2. The van der Waals surface area contributed by atoms with Crippen LogP contribution < -0.4 is 10.6 Å². The Hall–Kier alpha value is -1.95. The van der Waals surface area contributed by atoms with Crippen molar-refractivity contribution >= 4 is 5.82 Å². The van der Waals surface area contributed by atoms with E-state index in [1.165, 1.54) is 0 Å². The van der Waals surface area contributed by atoms with E-state index in [1.807, 2.05) is 24.1 Å². The number of nitrogens with one attached hydrogen (secondary N) is 2. The molecular weight excluding hydrogens is 264 g/mol. The van der Waals surface area contributed by atoms with E-state index in [1.54, 1.807) is 6.20 Å². The van der Waals surface area contributed by atoms with Crippen molar-refractivity contribution in [2.45, 2.75) is 32.2 Å². The number of anilines is 1. The van der Waals surface area contributed by atoms with Gasteiger partial charge in [-0.1, -0.05) is 6.92 Å². The molecule has 112 valence electrons. The van der Waals surface area contributed by atoms with Crippen molar-refractivity contribution in [1.82, 2.24) is 25.1 Å². The van der Waals surface area contributed by atoms with E-state index in [-0.39, 0.29) is 0 Å². The molecule has 0 atom stereocenters. The van der Waals surface area contributed by atoms with Gasteiger partial charge in [0.25, 0.3) is 0 Å². The summed E-state index contributed by atoms with van der Waals surface area (Å²) in [6.45, 7) is 4.23. The average molecular weight is 286 g/mol. The molecule has 2 N–H and O–H groups in total. The molecule has 0 unspecified atom stereocenters. The summed E-state index contributed by atoms with van der Waals surface area (Å²) >= 11 is 0. The van der Waals surface area contributed by atoms with Crippen LogP contribution in [0.2, 0.25) is 0 Å². The van der Waals surface area contributed by atoms with Gasteiger partial charge in [-0.2, -0.15) is 5.10 Å². The lowest BCUT2D eigenvalue weighted by atomic mass is 10.1. The Morgan fingerprint density at radius 1 is 1.33 bits per heavy atom. The van der Waals surface area contributed by atoms with Gasteiger partial charge in [0.2, 0.25) is 0 Å². The summed E-state index contributed by atoms with van der Waals surface area (Å²) in [5, 5.41) is 11.3. The first kappa shape index (κ1) is 14.0. The second-order valence-electron chi connectivity index (χ2n) is 5.47. The normalized spacial score (nSPS) is 16.1. The minimum atomic E-state index is 0.482. The summed E-state index contributed by atoms with van der Waals surface area (Å²) in [6.07, 6.45) is 8.76. The van der Waals surface area contributed by atoms with Crippen molar-refractivity contribution < 1.29 is 0 Å². The van der Waals surface area contributed by atoms with Gasteiger partial charge >= 0.3 is 0 Å². The SMILES string of the molecule is CCc1nn(C)cc1-c1cncc(NC2CCNCC2)n1. The Balaban J connectivity index is 1.82. The van der Waals surface area contributed by atoms with Crippen molar-refractivity contribution in [1.29, 1.82) is 0 Å². The highest BCUT2D eigenvalue weighted by Gasteiger charge is 2.15. The number of piperidine rings is 1. The number of nitrogens with zero attached hydrogens (tertiary/aromatic N) is 4. The lowest BCUT2D eigenvalue weighted by Crippen LogP contribution is -2.35. The molecule has 0 radical (unpaired) electrons. The van der Waals surface area contributed by atoms with E-state index in [0.717, 1.165) is 55.1 Å². The smallest absolute Gasteiger partial charge is 0.145 e. The zero-order valence-corrected chi connectivity index (χ0v) is 12.6. The number of aryl methyl sites for hydroxylation is 2. The lowest BCUT2D eigenvalue weighted by Gasteiger charge is -2.24. The highest BCUT2D eigenvalue weighted by atomic mass is 15.3. The van der Waals surface area contributed by atoms with Crippen LogP contribution in [-0.2, 0) is 13.5 Å². The van der Waals surface area contributed by atoms with Gasteiger partial charge in [-0.25, -0.2) is 4.98 Å². The third-order valence-corrected chi connectivity index (χ3v) is 3.84. The predicted molar refractivity (Wildman–Crippen MR) is 83.1 cm³/mol. The molecule has 0 aromatic carbocycles. The lowest BCUT2D eigenvalue weighted by molar-refractivity contribution is 0.478. The Labute approximate surface area is 125 Å². The van der Waals surface area contributed by atoms with Crippen LogP contribution in [0.15, 0.2) is 18.6 Å². The fourth-order valence-corrected chi connectivity index (χ4v) is 2.75. The summed E-state index contributed by atoms with van der Waals surface area (Å²) in [5.74, 6) is 0.852. The van der Waals surface area contributed by atoms with E-state index in [4.69, 9.17) is 4.98 Å². The van der Waals surface area contributed by atoms with Crippen molar-refractivity contribution in [2.75, 3.05) is 18.4 Å². The average Bonchev–Trinajstić information content (AvgIpc) is 2.90. The molecule has 6 nitrogen and oxygen atoms in total. The van der Waals surface area contributed by atoms with Crippen molar-refractivity contribution in [3.8, 4) is 11.3 Å². The molecule has 1 saturated heterocycles. The van der Waals surface area contributed by atoms with Crippen LogP contribution in [-0.4, -0.2) is 38.9 Å². The molecule has 3 heterocycles. The molecule has 6 heteroatoms. The van der Waals surface area contributed by atoms with Gasteiger partial charge in [-0.05, 0) is 32.4 Å². The topological polar surface area (TPSA) is 67.7 Å². The first-order chi connectivity index (χ1) is 10.3. The van der Waals surface area contributed by atoms with E-state index in [2.05, 4.69) is 27.6 Å². The van der Waals surface area contributed by atoms with E-state index >= 15 is 0 Å². The molecule has 0 amide bonds. The largest absolute Gasteiger partial charge is 0.366 e. The maximum absolute atomic E-state index is 4.71. The molecule has 1 aliphatic heterocycles. The molecular formula is C15H22N6. The molecule has 2 aromatic rings. The molecule has 0 bridgehead atoms. The summed E-state index contributed by atoms with van der Waals surface area (Å²) < 4.78 is 1.84. The molecule has 1 fully saturated rings. The van der Waals surface area contributed by atoms with Crippen LogP contribution in [0.3, 0.4) is 0 Å². The monoisotopic (exact) mass is 286 g/mol. The minimum Gasteiger partial charge on any atom is -0.366 e. The zero-order chi connectivity index (χ0) is 14.7. The first-order valence-electron chi connectivity index (χ1n) is 7.58. The van der Waals surface area contributed by atoms with E-state index in [0.29, 0.717) is 6.04 Å². The fraction of sp³-hybridized carbons (Fsp3) is 0.533. The highest BCUT2D eigenvalue weighted by Crippen LogP contribution is 2.22. The Bertz CT molecular complexity index is 600. The second-order valence-corrected chi connectivity index (χ2v) is 5.47. The Morgan fingerprint density at radius 3 is 2.90 bits per heavy atom. The third kappa shape index (κ3) is 3.21. The van der Waals surface area contributed by atoms with Gasteiger partial charge in [-0.3, -0.25) is 9.67 Å². The van der Waals surface area contributed by atoms with Crippen LogP contribution in [0, 0.1) is 0 Å². The van der Waals surface area contributed by atoms with Crippen LogP contribution in [0.4, 0.5) is 5.82 Å². The zero-order valence-electron chi connectivity index (χ0n) is 12.6. The first-order valence-corrected chi connectivity index (χ1v) is 7.58. The Kier molecular flexibility index (Phi) is 4.15. The molecule has 2 aromatic heterocycles. The van der Waals surface area contributed by atoms with Gasteiger partial charge in [-0.15, -0.1) is 0 Å². The van der Waals surface area contributed by atoms with Gasteiger partial charge < -0.3 is 10.6 Å². The molecule has 3 rings (SSSR count). The van der Waals surface area contributed by atoms with Crippen LogP contribution in [0.5, 0.6) is 0 Å². The number of hydrogen-bond acceptors (Lipinski definition) is 5. The summed E-state index contributed by atoms with van der Waals surface area (Å²) in [6, 6.07) is 0.482. The molecule has 21 heavy (non-hydrogen) atoms. The van der Waals surface area contributed by atoms with E-state index in [9.17, 15) is 0 Å². The number of rotatable bonds is 4.